The highest BCUT2D eigenvalue weighted by Gasteiger charge is 2.34. The Bertz CT molecular complexity index is 414. The molecule has 0 unspecified atom stereocenters. The summed E-state index contributed by atoms with van der Waals surface area (Å²) in [5, 5.41) is 3.12. The fourth-order valence-corrected chi connectivity index (χ4v) is 1.75. The van der Waals surface area contributed by atoms with Crippen LogP contribution in [0.1, 0.15) is 31.9 Å². The van der Waals surface area contributed by atoms with Gasteiger partial charge in [0, 0.05) is 31.9 Å². The Morgan fingerprint density at radius 1 is 1.26 bits per heavy atom. The quantitative estimate of drug-likeness (QED) is 0.881. The van der Waals surface area contributed by atoms with Gasteiger partial charge in [0.25, 0.3) is 0 Å². The molecule has 108 valence electrons. The SMILES string of the molecule is CCN(C)c1ccc(CNC(C)C)cc1C(F)(F)F. The van der Waals surface area contributed by atoms with Gasteiger partial charge < -0.3 is 10.2 Å². The second-order valence-corrected chi connectivity index (χ2v) is 4.90. The van der Waals surface area contributed by atoms with E-state index in [0.29, 0.717) is 18.7 Å². The minimum atomic E-state index is -4.33. The summed E-state index contributed by atoms with van der Waals surface area (Å²) in [4.78, 5) is 1.60. The van der Waals surface area contributed by atoms with Gasteiger partial charge in [-0.3, -0.25) is 0 Å². The molecule has 0 fully saturated rings. The molecule has 0 amide bonds. The first-order valence-electron chi connectivity index (χ1n) is 6.40. The van der Waals surface area contributed by atoms with Crippen LogP contribution in [0.25, 0.3) is 0 Å². The summed E-state index contributed by atoms with van der Waals surface area (Å²) in [5.41, 5.74) is 0.303. The number of rotatable bonds is 5. The minimum Gasteiger partial charge on any atom is -0.374 e. The molecule has 19 heavy (non-hydrogen) atoms. The highest BCUT2D eigenvalue weighted by atomic mass is 19.4. The lowest BCUT2D eigenvalue weighted by molar-refractivity contribution is -0.137. The van der Waals surface area contributed by atoms with Crippen LogP contribution < -0.4 is 10.2 Å². The van der Waals surface area contributed by atoms with Crippen LogP contribution >= 0.6 is 0 Å². The average molecular weight is 274 g/mol. The maximum atomic E-state index is 13.1. The van der Waals surface area contributed by atoms with Crippen LogP contribution in [0.3, 0.4) is 0 Å². The lowest BCUT2D eigenvalue weighted by Crippen LogP contribution is -2.23. The summed E-state index contributed by atoms with van der Waals surface area (Å²) in [6.07, 6.45) is -4.33. The van der Waals surface area contributed by atoms with Gasteiger partial charge in [0.15, 0.2) is 0 Å². The molecule has 0 aliphatic rings. The van der Waals surface area contributed by atoms with E-state index >= 15 is 0 Å². The smallest absolute Gasteiger partial charge is 0.374 e. The van der Waals surface area contributed by atoms with E-state index in [-0.39, 0.29) is 11.7 Å². The Labute approximate surface area is 112 Å². The van der Waals surface area contributed by atoms with Gasteiger partial charge in [-0.15, -0.1) is 0 Å². The van der Waals surface area contributed by atoms with Crippen molar-refractivity contribution in [2.24, 2.45) is 0 Å². The van der Waals surface area contributed by atoms with Gasteiger partial charge >= 0.3 is 6.18 Å². The molecule has 0 bridgehead atoms. The van der Waals surface area contributed by atoms with Gasteiger partial charge in [0.1, 0.15) is 0 Å². The average Bonchev–Trinajstić information content (AvgIpc) is 2.34. The van der Waals surface area contributed by atoms with Crippen LogP contribution in [-0.4, -0.2) is 19.6 Å². The number of hydrogen-bond acceptors (Lipinski definition) is 2. The zero-order valence-electron chi connectivity index (χ0n) is 11.8. The molecule has 1 aromatic rings. The van der Waals surface area contributed by atoms with E-state index in [2.05, 4.69) is 5.32 Å². The lowest BCUT2D eigenvalue weighted by Gasteiger charge is -2.23. The number of nitrogens with zero attached hydrogens (tertiary/aromatic N) is 1. The zero-order chi connectivity index (χ0) is 14.6. The maximum absolute atomic E-state index is 13.1. The summed E-state index contributed by atoms with van der Waals surface area (Å²) in [7, 11) is 1.66. The van der Waals surface area contributed by atoms with Gasteiger partial charge in [-0.1, -0.05) is 19.9 Å². The molecule has 0 saturated carbocycles. The third kappa shape index (κ3) is 4.42. The van der Waals surface area contributed by atoms with Gasteiger partial charge in [-0.05, 0) is 24.6 Å². The van der Waals surface area contributed by atoms with Crippen molar-refractivity contribution in [1.82, 2.24) is 5.32 Å². The summed E-state index contributed by atoms with van der Waals surface area (Å²) in [6, 6.07) is 4.76. The molecule has 0 heterocycles. The largest absolute Gasteiger partial charge is 0.418 e. The Morgan fingerprint density at radius 2 is 1.89 bits per heavy atom. The molecule has 0 aliphatic carbocycles. The molecule has 0 saturated heterocycles. The third-order valence-electron chi connectivity index (χ3n) is 2.97. The van der Waals surface area contributed by atoms with Crippen LogP contribution in [0.4, 0.5) is 18.9 Å². The van der Waals surface area contributed by atoms with Crippen molar-refractivity contribution in [3.63, 3.8) is 0 Å². The molecular formula is C14H21F3N2. The van der Waals surface area contributed by atoms with Crippen molar-refractivity contribution in [2.45, 2.75) is 39.5 Å². The van der Waals surface area contributed by atoms with Crippen molar-refractivity contribution in [2.75, 3.05) is 18.5 Å². The summed E-state index contributed by atoms with van der Waals surface area (Å²) >= 11 is 0. The van der Waals surface area contributed by atoms with E-state index < -0.39 is 11.7 Å². The first kappa shape index (κ1) is 15.8. The molecule has 0 spiro atoms. The highest BCUT2D eigenvalue weighted by Crippen LogP contribution is 2.36. The molecule has 0 radical (unpaired) electrons. The van der Waals surface area contributed by atoms with E-state index in [1.165, 1.54) is 6.07 Å². The van der Waals surface area contributed by atoms with Gasteiger partial charge in [-0.25, -0.2) is 0 Å². The molecule has 1 rings (SSSR count). The van der Waals surface area contributed by atoms with E-state index in [4.69, 9.17) is 0 Å². The van der Waals surface area contributed by atoms with Gasteiger partial charge in [0.2, 0.25) is 0 Å². The summed E-state index contributed by atoms with van der Waals surface area (Å²) in [5.74, 6) is 0. The number of anilines is 1. The van der Waals surface area contributed by atoms with Crippen LogP contribution in [-0.2, 0) is 12.7 Å². The molecule has 5 heteroatoms. The second kappa shape index (κ2) is 6.28. The van der Waals surface area contributed by atoms with E-state index in [0.717, 1.165) is 0 Å². The topological polar surface area (TPSA) is 15.3 Å². The summed E-state index contributed by atoms with van der Waals surface area (Å²) in [6.45, 7) is 6.73. The third-order valence-corrected chi connectivity index (χ3v) is 2.97. The molecule has 1 aromatic carbocycles. The summed E-state index contributed by atoms with van der Waals surface area (Å²) < 4.78 is 39.2. The van der Waals surface area contributed by atoms with Gasteiger partial charge in [-0.2, -0.15) is 13.2 Å². The molecule has 0 aliphatic heterocycles. The fourth-order valence-electron chi connectivity index (χ4n) is 1.75. The standard InChI is InChI=1S/C14H21F3N2/c1-5-19(4)13-7-6-11(9-18-10(2)3)8-12(13)14(15,16)17/h6-8,10,18H,5,9H2,1-4H3. The van der Waals surface area contributed by atoms with E-state index in [1.807, 2.05) is 20.8 Å². The molecular weight excluding hydrogens is 253 g/mol. The molecule has 0 aromatic heterocycles. The monoisotopic (exact) mass is 274 g/mol. The predicted molar refractivity (Wildman–Crippen MR) is 72.4 cm³/mol. The van der Waals surface area contributed by atoms with Crippen LogP contribution in [0.2, 0.25) is 0 Å². The van der Waals surface area contributed by atoms with E-state index in [9.17, 15) is 13.2 Å². The Kier molecular flexibility index (Phi) is 5.23. The lowest BCUT2D eigenvalue weighted by atomic mass is 10.1. The molecule has 1 N–H and O–H groups in total. The number of benzene rings is 1. The normalized spacial score (nSPS) is 12.0. The number of alkyl halides is 3. The first-order chi connectivity index (χ1) is 8.75. The van der Waals surface area contributed by atoms with Crippen molar-refractivity contribution in [3.05, 3.63) is 29.3 Å². The number of nitrogens with one attached hydrogen (secondary N) is 1. The maximum Gasteiger partial charge on any atom is 0.418 e. The number of halogens is 3. The Balaban J connectivity index is 3.09. The fraction of sp³-hybridized carbons (Fsp3) is 0.571. The first-order valence-corrected chi connectivity index (χ1v) is 6.40. The highest BCUT2D eigenvalue weighted by molar-refractivity contribution is 5.55. The molecule has 0 atom stereocenters. The molecule has 2 nitrogen and oxygen atoms in total. The predicted octanol–water partition coefficient (Wildman–Crippen LogP) is 3.66. The minimum absolute atomic E-state index is 0.225. The van der Waals surface area contributed by atoms with Crippen molar-refractivity contribution < 1.29 is 13.2 Å². The Morgan fingerprint density at radius 3 is 2.37 bits per heavy atom. The van der Waals surface area contributed by atoms with Crippen LogP contribution in [0.15, 0.2) is 18.2 Å². The second-order valence-electron chi connectivity index (χ2n) is 4.90. The van der Waals surface area contributed by atoms with Gasteiger partial charge in [0.05, 0.1) is 5.56 Å². The zero-order valence-corrected chi connectivity index (χ0v) is 11.8. The number of hydrogen-bond donors (Lipinski definition) is 1. The van der Waals surface area contributed by atoms with Crippen LogP contribution in [0, 0.1) is 0 Å². The van der Waals surface area contributed by atoms with E-state index in [1.54, 1.807) is 24.1 Å². The van der Waals surface area contributed by atoms with Crippen molar-refractivity contribution in [3.8, 4) is 0 Å². The van der Waals surface area contributed by atoms with Crippen LogP contribution in [0.5, 0.6) is 0 Å². The van der Waals surface area contributed by atoms with Crippen molar-refractivity contribution in [1.29, 1.82) is 0 Å². The Hall–Kier alpha value is -1.23. The van der Waals surface area contributed by atoms with Crippen molar-refractivity contribution >= 4 is 5.69 Å².